The van der Waals surface area contributed by atoms with Crippen LogP contribution in [0.25, 0.3) is 10.9 Å². The summed E-state index contributed by atoms with van der Waals surface area (Å²) in [5, 5.41) is -0.0265. The van der Waals surface area contributed by atoms with E-state index in [9.17, 15) is 18.0 Å². The molecule has 0 radical (unpaired) electrons. The summed E-state index contributed by atoms with van der Waals surface area (Å²) in [7, 11) is 0. The predicted molar refractivity (Wildman–Crippen MR) is 65.8 cm³/mol. The van der Waals surface area contributed by atoms with Crippen molar-refractivity contribution < 1.29 is 13.2 Å². The molecule has 1 aromatic carbocycles. The first kappa shape index (κ1) is 13.3. The molecule has 0 aliphatic rings. The number of aromatic nitrogens is 2. The Morgan fingerprint density at radius 2 is 2.11 bits per heavy atom. The Hall–Kier alpha value is -2.11. The topological polar surface area (TPSA) is 34.9 Å². The van der Waals surface area contributed by atoms with Gasteiger partial charge in [-0.3, -0.25) is 9.36 Å². The van der Waals surface area contributed by atoms with Crippen LogP contribution in [0.3, 0.4) is 0 Å². The summed E-state index contributed by atoms with van der Waals surface area (Å²) in [6, 6.07) is 2.97. The highest BCUT2D eigenvalue weighted by atomic mass is 19.4. The number of benzene rings is 1. The first-order chi connectivity index (χ1) is 8.93. The number of rotatable bonds is 3. The van der Waals surface area contributed by atoms with Gasteiger partial charge in [0.2, 0.25) is 0 Å². The van der Waals surface area contributed by atoms with E-state index in [0.29, 0.717) is 13.0 Å². The SMILES string of the molecule is C=CCCn1cnc2ccc(C(F)(F)F)cc2c1=O. The first-order valence-electron chi connectivity index (χ1n) is 5.61. The zero-order valence-electron chi connectivity index (χ0n) is 9.94. The highest BCUT2D eigenvalue weighted by Crippen LogP contribution is 2.30. The van der Waals surface area contributed by atoms with E-state index in [1.54, 1.807) is 6.08 Å². The monoisotopic (exact) mass is 268 g/mol. The van der Waals surface area contributed by atoms with Crippen LogP contribution >= 0.6 is 0 Å². The molecule has 0 aliphatic heterocycles. The molecule has 0 N–H and O–H groups in total. The molecular weight excluding hydrogens is 257 g/mol. The summed E-state index contributed by atoms with van der Waals surface area (Å²) in [6.45, 7) is 3.88. The second-order valence-corrected chi connectivity index (χ2v) is 4.05. The van der Waals surface area contributed by atoms with Gasteiger partial charge in [-0.25, -0.2) is 4.98 Å². The fourth-order valence-corrected chi connectivity index (χ4v) is 1.72. The Balaban J connectivity index is 2.59. The summed E-state index contributed by atoms with van der Waals surface area (Å²) < 4.78 is 39.1. The van der Waals surface area contributed by atoms with Crippen molar-refractivity contribution in [2.75, 3.05) is 0 Å². The second-order valence-electron chi connectivity index (χ2n) is 4.05. The van der Waals surface area contributed by atoms with E-state index in [4.69, 9.17) is 0 Å². The fourth-order valence-electron chi connectivity index (χ4n) is 1.72. The first-order valence-corrected chi connectivity index (χ1v) is 5.61. The number of alkyl halides is 3. The zero-order valence-corrected chi connectivity index (χ0v) is 9.94. The molecule has 0 unspecified atom stereocenters. The van der Waals surface area contributed by atoms with Crippen LogP contribution < -0.4 is 5.56 Å². The van der Waals surface area contributed by atoms with Crippen molar-refractivity contribution in [3.63, 3.8) is 0 Å². The predicted octanol–water partition coefficient (Wildman–Crippen LogP) is 2.99. The average Bonchev–Trinajstić information content (AvgIpc) is 2.37. The van der Waals surface area contributed by atoms with Crippen molar-refractivity contribution in [3.8, 4) is 0 Å². The van der Waals surface area contributed by atoms with E-state index in [-0.39, 0.29) is 10.9 Å². The van der Waals surface area contributed by atoms with Gasteiger partial charge in [0.25, 0.3) is 5.56 Å². The Morgan fingerprint density at radius 1 is 1.37 bits per heavy atom. The molecule has 0 aliphatic carbocycles. The summed E-state index contributed by atoms with van der Waals surface area (Å²) in [5.41, 5.74) is -1.06. The van der Waals surface area contributed by atoms with Gasteiger partial charge in [-0.05, 0) is 24.6 Å². The number of hydrogen-bond donors (Lipinski definition) is 0. The number of nitrogens with zero attached hydrogens (tertiary/aromatic N) is 2. The normalized spacial score (nSPS) is 11.7. The lowest BCUT2D eigenvalue weighted by atomic mass is 10.1. The van der Waals surface area contributed by atoms with Crippen molar-refractivity contribution in [2.24, 2.45) is 0 Å². The molecule has 2 rings (SSSR count). The Kier molecular flexibility index (Phi) is 3.42. The fraction of sp³-hybridized carbons (Fsp3) is 0.231. The molecule has 1 aromatic heterocycles. The maximum absolute atomic E-state index is 12.6. The minimum atomic E-state index is -4.47. The number of hydrogen-bond acceptors (Lipinski definition) is 2. The van der Waals surface area contributed by atoms with E-state index in [2.05, 4.69) is 11.6 Å². The van der Waals surface area contributed by atoms with Gasteiger partial charge in [-0.1, -0.05) is 6.08 Å². The van der Waals surface area contributed by atoms with E-state index >= 15 is 0 Å². The van der Waals surface area contributed by atoms with Crippen molar-refractivity contribution in [2.45, 2.75) is 19.1 Å². The Labute approximate surface area is 107 Å². The standard InChI is InChI=1S/C13H11F3N2O/c1-2-3-6-18-8-17-11-5-4-9(13(14,15)16)7-10(11)12(18)19/h2,4-5,7-8H,1,3,6H2. The third-order valence-electron chi connectivity index (χ3n) is 2.73. The van der Waals surface area contributed by atoms with Crippen LogP contribution in [0.2, 0.25) is 0 Å². The van der Waals surface area contributed by atoms with Crippen molar-refractivity contribution in [1.29, 1.82) is 0 Å². The van der Waals surface area contributed by atoms with Gasteiger partial charge in [0.15, 0.2) is 0 Å². The van der Waals surface area contributed by atoms with Crippen LogP contribution in [0.1, 0.15) is 12.0 Å². The molecule has 19 heavy (non-hydrogen) atoms. The molecule has 0 atom stereocenters. The molecule has 0 spiro atoms. The van der Waals surface area contributed by atoms with Gasteiger partial charge in [0.05, 0.1) is 22.8 Å². The molecule has 0 fully saturated rings. The summed E-state index contributed by atoms with van der Waals surface area (Å²) >= 11 is 0. The van der Waals surface area contributed by atoms with Gasteiger partial charge in [0, 0.05) is 6.54 Å². The minimum absolute atomic E-state index is 0.0265. The van der Waals surface area contributed by atoms with Gasteiger partial charge in [-0.2, -0.15) is 13.2 Å². The van der Waals surface area contributed by atoms with Crippen molar-refractivity contribution in [1.82, 2.24) is 9.55 Å². The number of aryl methyl sites for hydroxylation is 1. The van der Waals surface area contributed by atoms with E-state index < -0.39 is 17.3 Å². The minimum Gasteiger partial charge on any atom is -0.298 e. The smallest absolute Gasteiger partial charge is 0.298 e. The lowest BCUT2D eigenvalue weighted by molar-refractivity contribution is -0.137. The molecule has 3 nitrogen and oxygen atoms in total. The van der Waals surface area contributed by atoms with Crippen LogP contribution in [0.4, 0.5) is 13.2 Å². The lowest BCUT2D eigenvalue weighted by Gasteiger charge is -2.08. The molecule has 100 valence electrons. The molecule has 0 bridgehead atoms. The van der Waals surface area contributed by atoms with Crippen LogP contribution in [0.5, 0.6) is 0 Å². The zero-order chi connectivity index (χ0) is 14.0. The molecular formula is C13H11F3N2O. The molecule has 1 heterocycles. The van der Waals surface area contributed by atoms with Crippen LogP contribution in [-0.4, -0.2) is 9.55 Å². The van der Waals surface area contributed by atoms with Gasteiger partial charge < -0.3 is 0 Å². The highest BCUT2D eigenvalue weighted by Gasteiger charge is 2.30. The molecule has 2 aromatic rings. The number of fused-ring (bicyclic) bond motifs is 1. The van der Waals surface area contributed by atoms with Crippen LogP contribution in [-0.2, 0) is 12.7 Å². The average molecular weight is 268 g/mol. The largest absolute Gasteiger partial charge is 0.416 e. The maximum Gasteiger partial charge on any atom is 0.416 e. The number of allylic oxidation sites excluding steroid dienone is 1. The third-order valence-corrected chi connectivity index (χ3v) is 2.73. The lowest BCUT2D eigenvalue weighted by Crippen LogP contribution is -2.21. The van der Waals surface area contributed by atoms with Gasteiger partial charge in [-0.15, -0.1) is 6.58 Å². The van der Waals surface area contributed by atoms with E-state index in [1.807, 2.05) is 0 Å². The molecule has 0 saturated heterocycles. The molecule has 0 saturated carbocycles. The van der Waals surface area contributed by atoms with E-state index in [0.717, 1.165) is 12.1 Å². The third kappa shape index (κ3) is 2.67. The van der Waals surface area contributed by atoms with Gasteiger partial charge in [0.1, 0.15) is 0 Å². The molecule has 0 amide bonds. The highest BCUT2D eigenvalue weighted by molar-refractivity contribution is 5.78. The quantitative estimate of drug-likeness (QED) is 0.802. The van der Waals surface area contributed by atoms with Crippen molar-refractivity contribution in [3.05, 3.63) is 53.1 Å². The Morgan fingerprint density at radius 3 is 2.74 bits per heavy atom. The summed E-state index contributed by atoms with van der Waals surface area (Å²) in [4.78, 5) is 16.0. The van der Waals surface area contributed by atoms with Crippen LogP contribution in [0, 0.1) is 0 Å². The van der Waals surface area contributed by atoms with Gasteiger partial charge >= 0.3 is 6.18 Å². The molecule has 6 heteroatoms. The van der Waals surface area contributed by atoms with Crippen molar-refractivity contribution >= 4 is 10.9 Å². The maximum atomic E-state index is 12.6. The van der Waals surface area contributed by atoms with E-state index in [1.165, 1.54) is 17.0 Å². The Bertz CT molecular complexity index is 674. The summed E-state index contributed by atoms with van der Waals surface area (Å²) in [5.74, 6) is 0. The summed E-state index contributed by atoms with van der Waals surface area (Å²) in [6.07, 6.45) is -0.960. The second kappa shape index (κ2) is 4.87. The number of halogens is 3. The van der Waals surface area contributed by atoms with Crippen LogP contribution in [0.15, 0.2) is 42.0 Å².